The summed E-state index contributed by atoms with van der Waals surface area (Å²) in [7, 11) is -3.56. The second-order valence-corrected chi connectivity index (χ2v) is 6.71. The number of nitrogens with one attached hydrogen (secondary N) is 2. The van der Waals surface area contributed by atoms with E-state index in [2.05, 4.69) is 10.0 Å². The van der Waals surface area contributed by atoms with Gasteiger partial charge in [0.2, 0.25) is 10.0 Å². The third-order valence-corrected chi connectivity index (χ3v) is 3.43. The van der Waals surface area contributed by atoms with Crippen LogP contribution in [0.15, 0.2) is 42.5 Å². The average molecular weight is 343 g/mol. The van der Waals surface area contributed by atoms with E-state index in [-0.39, 0.29) is 22.0 Å². The van der Waals surface area contributed by atoms with Crippen molar-refractivity contribution in [1.29, 1.82) is 0 Å². The number of rotatable bonds is 4. The molecule has 0 unspecified atom stereocenters. The molecule has 0 aliphatic heterocycles. The summed E-state index contributed by atoms with van der Waals surface area (Å²) in [4.78, 5) is 12.3. The number of anilines is 2. The molecule has 2 aromatic carbocycles. The van der Waals surface area contributed by atoms with Gasteiger partial charge in [-0.3, -0.25) is 9.52 Å². The largest absolute Gasteiger partial charge is 0.322 e. The molecule has 22 heavy (non-hydrogen) atoms. The number of halogens is 2. The highest BCUT2D eigenvalue weighted by Gasteiger charge is 2.15. The SMILES string of the molecule is CS(=O)(=O)Nc1ccc(Cl)cc1C(=O)Nc1cccc(F)c1. The minimum Gasteiger partial charge on any atom is -0.322 e. The molecule has 2 aromatic rings. The van der Waals surface area contributed by atoms with Crippen LogP contribution in [0.3, 0.4) is 0 Å². The summed E-state index contributed by atoms with van der Waals surface area (Å²) in [6.45, 7) is 0. The van der Waals surface area contributed by atoms with Gasteiger partial charge in [-0.1, -0.05) is 17.7 Å². The zero-order chi connectivity index (χ0) is 16.3. The standard InChI is InChI=1S/C14H12ClFN2O3S/c1-22(20,21)18-13-6-5-9(15)7-12(13)14(19)17-11-4-2-3-10(16)8-11/h2-8,18H,1H3,(H,17,19). The Morgan fingerprint density at radius 1 is 1.18 bits per heavy atom. The molecular formula is C14H12ClFN2O3S. The van der Waals surface area contributed by atoms with Gasteiger partial charge in [0.15, 0.2) is 0 Å². The summed E-state index contributed by atoms with van der Waals surface area (Å²) in [5.41, 5.74) is 0.360. The summed E-state index contributed by atoms with van der Waals surface area (Å²) < 4.78 is 38.0. The van der Waals surface area contributed by atoms with Gasteiger partial charge in [-0.15, -0.1) is 0 Å². The van der Waals surface area contributed by atoms with Gasteiger partial charge in [-0.2, -0.15) is 0 Å². The smallest absolute Gasteiger partial charge is 0.257 e. The van der Waals surface area contributed by atoms with Crippen LogP contribution in [0.5, 0.6) is 0 Å². The summed E-state index contributed by atoms with van der Waals surface area (Å²) in [5, 5.41) is 2.75. The summed E-state index contributed by atoms with van der Waals surface area (Å²) >= 11 is 5.84. The molecule has 0 aliphatic rings. The summed E-state index contributed by atoms with van der Waals surface area (Å²) in [6, 6.07) is 9.49. The Balaban J connectivity index is 2.34. The van der Waals surface area contributed by atoms with E-state index >= 15 is 0 Å². The maximum absolute atomic E-state index is 13.1. The minimum atomic E-state index is -3.56. The van der Waals surface area contributed by atoms with Crippen LogP contribution < -0.4 is 10.0 Å². The van der Waals surface area contributed by atoms with E-state index in [4.69, 9.17) is 11.6 Å². The second kappa shape index (κ2) is 6.33. The van der Waals surface area contributed by atoms with Crippen LogP contribution in [0, 0.1) is 5.82 Å². The lowest BCUT2D eigenvalue weighted by molar-refractivity contribution is 0.102. The molecule has 0 saturated carbocycles. The van der Waals surface area contributed by atoms with Crippen molar-refractivity contribution in [2.24, 2.45) is 0 Å². The van der Waals surface area contributed by atoms with Crippen molar-refractivity contribution in [2.45, 2.75) is 0 Å². The van der Waals surface area contributed by atoms with Crippen molar-refractivity contribution in [1.82, 2.24) is 0 Å². The predicted molar refractivity (Wildman–Crippen MR) is 84.3 cm³/mol. The molecule has 0 fully saturated rings. The Kier molecular flexibility index (Phi) is 4.68. The molecule has 0 atom stereocenters. The molecule has 0 radical (unpaired) electrons. The van der Waals surface area contributed by atoms with E-state index in [1.807, 2.05) is 0 Å². The molecule has 116 valence electrons. The quantitative estimate of drug-likeness (QED) is 0.896. The number of carbonyl (C=O) groups excluding carboxylic acids is 1. The monoisotopic (exact) mass is 342 g/mol. The van der Waals surface area contributed by atoms with Gasteiger partial charge in [-0.05, 0) is 36.4 Å². The first-order valence-corrected chi connectivity index (χ1v) is 8.36. The van der Waals surface area contributed by atoms with Gasteiger partial charge in [0.05, 0.1) is 17.5 Å². The molecule has 0 heterocycles. The lowest BCUT2D eigenvalue weighted by Crippen LogP contribution is -2.17. The van der Waals surface area contributed by atoms with E-state index in [0.717, 1.165) is 12.3 Å². The molecular weight excluding hydrogens is 331 g/mol. The number of carbonyl (C=O) groups is 1. The third kappa shape index (κ3) is 4.44. The minimum absolute atomic E-state index is 0.0298. The zero-order valence-electron chi connectivity index (χ0n) is 11.4. The Labute approximate surface area is 132 Å². The zero-order valence-corrected chi connectivity index (χ0v) is 13.0. The second-order valence-electron chi connectivity index (χ2n) is 4.53. The highest BCUT2D eigenvalue weighted by molar-refractivity contribution is 7.92. The van der Waals surface area contributed by atoms with Crippen molar-refractivity contribution in [3.05, 3.63) is 58.9 Å². The first kappa shape index (κ1) is 16.3. The molecule has 0 saturated heterocycles. The van der Waals surface area contributed by atoms with Crippen molar-refractivity contribution in [3.8, 4) is 0 Å². The molecule has 1 amide bonds. The van der Waals surface area contributed by atoms with Gasteiger partial charge in [0.25, 0.3) is 5.91 Å². The highest BCUT2D eigenvalue weighted by atomic mass is 35.5. The van der Waals surface area contributed by atoms with Crippen molar-refractivity contribution >= 4 is 38.9 Å². The van der Waals surface area contributed by atoms with Crippen LogP contribution >= 0.6 is 11.6 Å². The molecule has 0 aromatic heterocycles. The van der Waals surface area contributed by atoms with Crippen LogP contribution in [0.1, 0.15) is 10.4 Å². The van der Waals surface area contributed by atoms with Crippen molar-refractivity contribution < 1.29 is 17.6 Å². The van der Waals surface area contributed by atoms with Crippen LogP contribution in [-0.2, 0) is 10.0 Å². The number of amides is 1. The summed E-state index contributed by atoms with van der Waals surface area (Å²) in [5.74, 6) is -1.11. The van der Waals surface area contributed by atoms with Crippen molar-refractivity contribution in [2.75, 3.05) is 16.3 Å². The van der Waals surface area contributed by atoms with E-state index in [1.165, 1.54) is 36.4 Å². The summed E-state index contributed by atoms with van der Waals surface area (Å²) in [6.07, 6.45) is 0.968. The van der Waals surface area contributed by atoms with Crippen molar-refractivity contribution in [3.63, 3.8) is 0 Å². The Bertz CT molecular complexity index is 825. The predicted octanol–water partition coefficient (Wildman–Crippen LogP) is 3.10. The van der Waals surface area contributed by atoms with Gasteiger partial charge in [-0.25, -0.2) is 12.8 Å². The fourth-order valence-electron chi connectivity index (χ4n) is 1.76. The number of benzene rings is 2. The van der Waals surface area contributed by atoms with Gasteiger partial charge < -0.3 is 5.32 Å². The molecule has 0 bridgehead atoms. The molecule has 5 nitrogen and oxygen atoms in total. The average Bonchev–Trinajstić information content (AvgIpc) is 2.39. The Hall–Kier alpha value is -2.12. The molecule has 0 aliphatic carbocycles. The number of hydrogen-bond acceptors (Lipinski definition) is 3. The van der Waals surface area contributed by atoms with Crippen LogP contribution in [-0.4, -0.2) is 20.6 Å². The van der Waals surface area contributed by atoms with Crippen LogP contribution in [0.2, 0.25) is 5.02 Å². The Morgan fingerprint density at radius 2 is 1.91 bits per heavy atom. The van der Waals surface area contributed by atoms with Crippen LogP contribution in [0.4, 0.5) is 15.8 Å². The Morgan fingerprint density at radius 3 is 2.55 bits per heavy atom. The maximum atomic E-state index is 13.1. The molecule has 0 spiro atoms. The lowest BCUT2D eigenvalue weighted by atomic mass is 10.1. The van der Waals surface area contributed by atoms with Crippen LogP contribution in [0.25, 0.3) is 0 Å². The topological polar surface area (TPSA) is 75.3 Å². The lowest BCUT2D eigenvalue weighted by Gasteiger charge is -2.11. The van der Waals surface area contributed by atoms with E-state index in [1.54, 1.807) is 0 Å². The third-order valence-electron chi connectivity index (χ3n) is 2.60. The first-order valence-electron chi connectivity index (χ1n) is 6.09. The van der Waals surface area contributed by atoms with Gasteiger partial charge >= 0.3 is 0 Å². The van der Waals surface area contributed by atoms with E-state index < -0.39 is 21.7 Å². The maximum Gasteiger partial charge on any atom is 0.257 e. The molecule has 2 rings (SSSR count). The van der Waals surface area contributed by atoms with E-state index in [0.29, 0.717) is 0 Å². The first-order chi connectivity index (χ1) is 10.2. The fourth-order valence-corrected chi connectivity index (χ4v) is 2.51. The number of sulfonamides is 1. The highest BCUT2D eigenvalue weighted by Crippen LogP contribution is 2.23. The van der Waals surface area contributed by atoms with E-state index in [9.17, 15) is 17.6 Å². The molecule has 2 N–H and O–H groups in total. The van der Waals surface area contributed by atoms with Gasteiger partial charge in [0, 0.05) is 10.7 Å². The molecule has 8 heteroatoms. The fraction of sp³-hybridized carbons (Fsp3) is 0.0714. The number of hydrogen-bond donors (Lipinski definition) is 2. The van der Waals surface area contributed by atoms with Gasteiger partial charge in [0.1, 0.15) is 5.82 Å². The normalized spacial score (nSPS) is 11.0.